The number of amides is 1. The number of aromatic carboxylic acids is 1. The van der Waals surface area contributed by atoms with Gasteiger partial charge in [0.2, 0.25) is 0 Å². The van der Waals surface area contributed by atoms with E-state index in [4.69, 9.17) is 15.1 Å². The molecule has 0 aromatic carbocycles. The lowest BCUT2D eigenvalue weighted by atomic mass is 9.97. The number of carbonyl (C=O) groups excluding carboxylic acids is 1. The van der Waals surface area contributed by atoms with Gasteiger partial charge in [0.05, 0.1) is 49.2 Å². The van der Waals surface area contributed by atoms with Crippen molar-refractivity contribution in [2.24, 2.45) is 15.8 Å². The Kier molecular flexibility index (Phi) is 8.01. The highest BCUT2D eigenvalue weighted by Gasteiger charge is 2.53. The molecule has 7 heterocycles. The van der Waals surface area contributed by atoms with Gasteiger partial charge >= 0.3 is 5.97 Å². The minimum Gasteiger partial charge on any atom is -0.478 e. The van der Waals surface area contributed by atoms with Crippen molar-refractivity contribution in [3.63, 3.8) is 0 Å². The Bertz CT molecular complexity index is 2170. The van der Waals surface area contributed by atoms with E-state index in [2.05, 4.69) is 68.4 Å². The van der Waals surface area contributed by atoms with Gasteiger partial charge in [0.25, 0.3) is 5.91 Å². The van der Waals surface area contributed by atoms with Crippen LogP contribution in [0.3, 0.4) is 0 Å². The van der Waals surface area contributed by atoms with Crippen LogP contribution in [0.2, 0.25) is 0 Å². The molecule has 10 rings (SSSR count). The van der Waals surface area contributed by atoms with E-state index in [1.807, 2.05) is 17.8 Å². The fourth-order valence-corrected chi connectivity index (χ4v) is 8.31. The van der Waals surface area contributed by atoms with E-state index >= 15 is 0 Å². The molecule has 1 amide bonds. The molecule has 13 nitrogen and oxygen atoms in total. The van der Waals surface area contributed by atoms with Crippen molar-refractivity contribution in [2.45, 2.75) is 78.4 Å². The number of carboxylic acid groups (broad SMARTS) is 1. The second-order valence-electron chi connectivity index (χ2n) is 16.2. The lowest BCUT2D eigenvalue weighted by molar-refractivity contribution is 0.0696. The number of aliphatic imine (C=N–C) groups is 1. The molecule has 2 saturated carbocycles. The van der Waals surface area contributed by atoms with Crippen LogP contribution in [0.1, 0.15) is 88.7 Å². The fourth-order valence-electron chi connectivity index (χ4n) is 8.31. The number of nitrogens with one attached hydrogen (secondary N) is 1. The molecule has 3 aliphatic heterocycles. The van der Waals surface area contributed by atoms with E-state index in [0.717, 1.165) is 85.4 Å². The van der Waals surface area contributed by atoms with Crippen LogP contribution < -0.4 is 15.1 Å². The molecule has 2 saturated heterocycles. The Hall–Kier alpha value is -5.33. The third kappa shape index (κ3) is 6.61. The predicted octanol–water partition coefficient (Wildman–Crippen LogP) is 4.83. The molecular formula is C40H46N10O3. The van der Waals surface area contributed by atoms with Gasteiger partial charge in [-0.1, -0.05) is 12.1 Å². The fraction of sp³-hybridized carbons (Fsp3) is 0.475. The molecule has 2 spiro atoms. The summed E-state index contributed by atoms with van der Waals surface area (Å²) < 4.78 is 3.46. The average Bonchev–Trinajstić information content (AvgIpc) is 3.84. The van der Waals surface area contributed by atoms with E-state index in [-0.39, 0.29) is 17.5 Å². The number of anilines is 2. The highest BCUT2D eigenvalue weighted by molar-refractivity contribution is 6.02. The molecular weight excluding hydrogens is 669 g/mol. The van der Waals surface area contributed by atoms with Crippen LogP contribution in [-0.2, 0) is 13.1 Å². The van der Waals surface area contributed by atoms with E-state index in [0.29, 0.717) is 29.5 Å². The topological polar surface area (TPSA) is 147 Å². The molecule has 53 heavy (non-hydrogen) atoms. The van der Waals surface area contributed by atoms with Crippen LogP contribution in [0.4, 0.5) is 11.6 Å². The minimum atomic E-state index is -0.955. The highest BCUT2D eigenvalue weighted by atomic mass is 16.4. The van der Waals surface area contributed by atoms with Crippen molar-refractivity contribution in [2.75, 3.05) is 42.5 Å². The van der Waals surface area contributed by atoms with Crippen LogP contribution in [-0.4, -0.2) is 91.0 Å². The largest absolute Gasteiger partial charge is 0.478 e. The Morgan fingerprint density at radius 2 is 1.32 bits per heavy atom. The number of carboxylic acids is 1. The van der Waals surface area contributed by atoms with Gasteiger partial charge in [-0.25, -0.2) is 14.8 Å². The zero-order valence-electron chi connectivity index (χ0n) is 30.7. The summed E-state index contributed by atoms with van der Waals surface area (Å²) in [6.45, 7) is 12.6. The van der Waals surface area contributed by atoms with E-state index < -0.39 is 5.97 Å². The van der Waals surface area contributed by atoms with Gasteiger partial charge in [0, 0.05) is 66.5 Å². The third-order valence-corrected chi connectivity index (χ3v) is 12.2. The van der Waals surface area contributed by atoms with Gasteiger partial charge in [-0.3, -0.25) is 19.2 Å². The molecule has 6 aliphatic rings. The summed E-state index contributed by atoms with van der Waals surface area (Å²) in [5, 5.41) is 20.6. The van der Waals surface area contributed by atoms with E-state index in [1.165, 1.54) is 43.0 Å². The SMILES string of the molecule is CC1=NCC2=C1CC[C@H]2NC(=O)c1cnn(Cc2ccc(N3CC4(CC4)C3)nc2C)c1.Cc1nc(N2CC3(CC3)C2)ccc1Cn1cc(C(=O)O)cn1. The van der Waals surface area contributed by atoms with Crippen molar-refractivity contribution in [1.82, 2.24) is 34.8 Å². The lowest BCUT2D eigenvalue weighted by Gasteiger charge is -2.41. The van der Waals surface area contributed by atoms with Crippen LogP contribution in [0.25, 0.3) is 0 Å². The highest BCUT2D eigenvalue weighted by Crippen LogP contribution is 2.54. The molecule has 0 radical (unpaired) electrons. The first-order chi connectivity index (χ1) is 25.5. The maximum atomic E-state index is 12.8. The number of hydrogen-bond acceptors (Lipinski definition) is 9. The van der Waals surface area contributed by atoms with Crippen molar-refractivity contribution in [3.05, 3.63) is 93.8 Å². The normalized spacial score (nSPS) is 21.1. The van der Waals surface area contributed by atoms with Gasteiger partial charge in [0.1, 0.15) is 11.6 Å². The Balaban J connectivity index is 0.000000149. The lowest BCUT2D eigenvalue weighted by Crippen LogP contribution is -2.48. The molecule has 1 atom stereocenters. The molecule has 4 fully saturated rings. The quantitative estimate of drug-likeness (QED) is 0.249. The Labute approximate surface area is 308 Å². The maximum Gasteiger partial charge on any atom is 0.338 e. The van der Waals surface area contributed by atoms with E-state index in [9.17, 15) is 9.59 Å². The van der Waals surface area contributed by atoms with Crippen LogP contribution in [0.15, 0.2) is 65.2 Å². The molecule has 0 unspecified atom stereocenters. The molecule has 13 heteroatoms. The van der Waals surface area contributed by atoms with Crippen LogP contribution in [0.5, 0.6) is 0 Å². The van der Waals surface area contributed by atoms with Crippen molar-refractivity contribution >= 4 is 29.2 Å². The molecule has 4 aromatic rings. The second-order valence-corrected chi connectivity index (χ2v) is 16.2. The summed E-state index contributed by atoms with van der Waals surface area (Å²) in [5.74, 6) is 1.11. The maximum absolute atomic E-state index is 12.8. The number of aryl methyl sites for hydroxylation is 2. The Morgan fingerprint density at radius 1 is 0.792 bits per heavy atom. The molecule has 0 bridgehead atoms. The van der Waals surface area contributed by atoms with Gasteiger partial charge in [-0.15, -0.1) is 0 Å². The molecule has 3 aliphatic carbocycles. The summed E-state index contributed by atoms with van der Waals surface area (Å²) in [5.41, 5.74) is 10.0. The Morgan fingerprint density at radius 3 is 1.81 bits per heavy atom. The van der Waals surface area contributed by atoms with Crippen LogP contribution in [0, 0.1) is 24.7 Å². The molecule has 2 N–H and O–H groups in total. The van der Waals surface area contributed by atoms with Gasteiger partial charge in [-0.05, 0) is 93.7 Å². The summed E-state index contributed by atoms with van der Waals surface area (Å²) in [6, 6.07) is 8.48. The summed E-state index contributed by atoms with van der Waals surface area (Å²) in [7, 11) is 0. The minimum absolute atomic E-state index is 0.0634. The zero-order chi connectivity index (χ0) is 36.5. The van der Waals surface area contributed by atoms with Gasteiger partial charge in [-0.2, -0.15) is 10.2 Å². The summed E-state index contributed by atoms with van der Waals surface area (Å²) in [4.78, 5) is 42.4. The van der Waals surface area contributed by atoms with E-state index in [1.54, 1.807) is 17.1 Å². The van der Waals surface area contributed by atoms with Crippen molar-refractivity contribution in [3.8, 4) is 0 Å². The second kappa shape index (κ2) is 12.7. The number of carbonyl (C=O) groups is 2. The number of aromatic nitrogens is 6. The average molecular weight is 715 g/mol. The number of nitrogens with zero attached hydrogens (tertiary/aromatic N) is 9. The number of hydrogen-bond donors (Lipinski definition) is 2. The zero-order valence-corrected chi connectivity index (χ0v) is 30.7. The van der Waals surface area contributed by atoms with Crippen molar-refractivity contribution in [1.29, 1.82) is 0 Å². The summed E-state index contributed by atoms with van der Waals surface area (Å²) >= 11 is 0. The smallest absolute Gasteiger partial charge is 0.338 e. The molecule has 4 aromatic heterocycles. The van der Waals surface area contributed by atoms with Gasteiger partial charge < -0.3 is 20.2 Å². The monoisotopic (exact) mass is 714 g/mol. The third-order valence-electron chi connectivity index (χ3n) is 12.2. The van der Waals surface area contributed by atoms with Crippen LogP contribution >= 0.6 is 0 Å². The van der Waals surface area contributed by atoms with Crippen molar-refractivity contribution < 1.29 is 14.7 Å². The first-order valence-electron chi connectivity index (χ1n) is 18.8. The first-order valence-corrected chi connectivity index (χ1v) is 18.8. The first kappa shape index (κ1) is 33.5. The standard InChI is InChI=1S/C24H28N6O.C16H18N4O2/c1-15-17(3-6-22(27-15)29-13-24(14-29)7-8-24)11-30-12-18(9-26-30)23(31)28-21-5-4-19-16(2)25-10-20(19)21;1-11-12(7-20-8-13(6-17-20)15(21)22)2-3-14(18-11)19-9-16(10-19)4-5-16/h3,6,9,12,21H,4-5,7-8,10-11,13-14H2,1-2H3,(H,28,31);2-3,6,8H,4-5,7,9-10H2,1H3,(H,21,22)/t21-;/m1./s1. The summed E-state index contributed by atoms with van der Waals surface area (Å²) in [6.07, 6.45) is 13.9. The molecule has 274 valence electrons. The number of allylic oxidation sites excluding steroid dienone is 1. The predicted molar refractivity (Wildman–Crippen MR) is 201 cm³/mol. The number of rotatable bonds is 9. The number of pyridine rings is 2. The van der Waals surface area contributed by atoms with Gasteiger partial charge in [0.15, 0.2) is 0 Å².